The van der Waals surface area contributed by atoms with Gasteiger partial charge in [-0.3, -0.25) is 14.4 Å². The molecule has 4 amide bonds. The van der Waals surface area contributed by atoms with Gasteiger partial charge in [-0.15, -0.1) is 0 Å². The lowest BCUT2D eigenvalue weighted by Gasteiger charge is -2.54. The summed E-state index contributed by atoms with van der Waals surface area (Å²) >= 11 is 0. The van der Waals surface area contributed by atoms with Crippen molar-refractivity contribution in [3.8, 4) is 5.75 Å². The lowest BCUT2D eigenvalue weighted by molar-refractivity contribution is -0.188. The van der Waals surface area contributed by atoms with Crippen molar-refractivity contribution in [1.29, 1.82) is 0 Å². The molecule has 37 heavy (non-hydrogen) atoms. The maximum absolute atomic E-state index is 13.5. The number of hydrogen-bond donors (Lipinski definition) is 2. The van der Waals surface area contributed by atoms with Gasteiger partial charge in [-0.2, -0.15) is 0 Å². The quantitative estimate of drug-likeness (QED) is 0.553. The van der Waals surface area contributed by atoms with Gasteiger partial charge in [0.15, 0.2) is 0 Å². The van der Waals surface area contributed by atoms with E-state index in [2.05, 4.69) is 5.32 Å². The number of amides is 4. The molecule has 11 heteroatoms. The molecule has 0 aliphatic carbocycles. The fraction of sp³-hybridized carbons (Fsp3) is 0.385. The molecule has 2 aromatic rings. The number of urea groups is 1. The molecule has 2 atom stereocenters. The van der Waals surface area contributed by atoms with Crippen LogP contribution in [-0.2, 0) is 27.5 Å². The molecule has 2 aliphatic rings. The number of nitrogens with zero attached hydrogens (tertiary/aromatic N) is 4. The second kappa shape index (κ2) is 11.3. The van der Waals surface area contributed by atoms with Crippen molar-refractivity contribution in [2.75, 3.05) is 27.2 Å². The summed E-state index contributed by atoms with van der Waals surface area (Å²) in [6, 6.07) is 15.3. The first-order valence-corrected chi connectivity index (χ1v) is 12.0. The summed E-state index contributed by atoms with van der Waals surface area (Å²) in [5.41, 5.74) is 1.76. The molecule has 0 radical (unpaired) electrons. The highest BCUT2D eigenvalue weighted by atomic mass is 16.5. The summed E-state index contributed by atoms with van der Waals surface area (Å²) in [5, 5.41) is 15.1. The maximum Gasteiger partial charge on any atom is 0.334 e. The maximum atomic E-state index is 13.5. The van der Waals surface area contributed by atoms with E-state index in [0.29, 0.717) is 5.75 Å². The van der Waals surface area contributed by atoms with Crippen molar-refractivity contribution >= 4 is 23.8 Å². The summed E-state index contributed by atoms with van der Waals surface area (Å²) in [4.78, 5) is 54.3. The van der Waals surface area contributed by atoms with E-state index in [0.717, 1.165) is 11.1 Å². The third-order valence-electron chi connectivity index (χ3n) is 6.60. The molecule has 2 saturated heterocycles. The van der Waals surface area contributed by atoms with Gasteiger partial charge in [0.05, 0.1) is 20.2 Å². The zero-order valence-corrected chi connectivity index (χ0v) is 20.9. The van der Waals surface area contributed by atoms with Crippen LogP contribution >= 0.6 is 0 Å². The average Bonchev–Trinajstić information content (AvgIpc) is 2.88. The Hall–Kier alpha value is -4.12. The van der Waals surface area contributed by atoms with Crippen LogP contribution in [0.4, 0.5) is 4.79 Å². The number of hydrogen-bond acceptors (Lipinski definition) is 6. The van der Waals surface area contributed by atoms with Gasteiger partial charge in [0.1, 0.15) is 18.0 Å². The number of ether oxygens (including phenoxy) is 1. The van der Waals surface area contributed by atoms with E-state index in [-0.39, 0.29) is 50.8 Å². The van der Waals surface area contributed by atoms with E-state index in [9.17, 15) is 24.3 Å². The molecule has 4 rings (SSSR count). The number of carbonyl (C=O) groups is 4. The summed E-state index contributed by atoms with van der Waals surface area (Å²) in [5.74, 6) is -0.995. The molecular weight excluding hydrogens is 478 g/mol. The van der Waals surface area contributed by atoms with Gasteiger partial charge in [-0.25, -0.2) is 14.8 Å². The topological polar surface area (TPSA) is 123 Å². The van der Waals surface area contributed by atoms with Gasteiger partial charge in [0.25, 0.3) is 0 Å². The van der Waals surface area contributed by atoms with Crippen molar-refractivity contribution in [1.82, 2.24) is 25.1 Å². The number of carboxylic acids is 1. The summed E-state index contributed by atoms with van der Waals surface area (Å²) in [6.07, 6.45) is -1.08. The number of aliphatic carboxylic acids is 1. The van der Waals surface area contributed by atoms with Crippen molar-refractivity contribution in [3.05, 3.63) is 65.7 Å². The Kier molecular flexibility index (Phi) is 7.92. The smallest absolute Gasteiger partial charge is 0.334 e. The average molecular weight is 510 g/mol. The second-order valence-electron chi connectivity index (χ2n) is 9.10. The third kappa shape index (κ3) is 5.83. The molecule has 2 fully saturated rings. The van der Waals surface area contributed by atoms with Crippen molar-refractivity contribution in [2.45, 2.75) is 38.1 Å². The minimum absolute atomic E-state index is 0.0350. The zero-order valence-electron chi connectivity index (χ0n) is 20.9. The molecule has 2 aromatic carbocycles. The highest BCUT2D eigenvalue weighted by Gasteiger charge is 2.50. The van der Waals surface area contributed by atoms with Gasteiger partial charge in [0, 0.05) is 26.6 Å². The van der Waals surface area contributed by atoms with Crippen molar-refractivity contribution in [2.24, 2.45) is 0 Å². The van der Waals surface area contributed by atoms with E-state index < -0.39 is 24.2 Å². The molecule has 2 heterocycles. The first-order chi connectivity index (χ1) is 17.8. The molecule has 11 nitrogen and oxygen atoms in total. The number of methoxy groups -OCH3 is 1. The van der Waals surface area contributed by atoms with Crippen LogP contribution in [0.2, 0.25) is 0 Å². The Balaban J connectivity index is 1.58. The Labute approximate surface area is 215 Å². The van der Waals surface area contributed by atoms with E-state index in [1.165, 1.54) is 14.9 Å². The summed E-state index contributed by atoms with van der Waals surface area (Å²) in [6.45, 7) is 0.529. The van der Waals surface area contributed by atoms with Crippen molar-refractivity contribution in [3.63, 3.8) is 0 Å². The SMILES string of the molecule is COc1ccc(CNC(=O)N2[C@H]3CN(Cc4ccccc4)C(=O)[C@H](CCC(=O)O)N3C(=O)CN2C)cc1. The van der Waals surface area contributed by atoms with Gasteiger partial charge < -0.3 is 25.0 Å². The number of piperazine rings is 1. The Bertz CT molecular complexity index is 1140. The number of fused-ring (bicyclic) bond motifs is 1. The molecular formula is C26H31N5O6. The predicted octanol–water partition coefficient (Wildman–Crippen LogP) is 1.50. The molecule has 2 N–H and O–H groups in total. The van der Waals surface area contributed by atoms with Crippen LogP contribution in [0.25, 0.3) is 0 Å². The highest BCUT2D eigenvalue weighted by Crippen LogP contribution is 2.29. The second-order valence-corrected chi connectivity index (χ2v) is 9.10. The van der Waals surface area contributed by atoms with Gasteiger partial charge in [-0.05, 0) is 29.7 Å². The van der Waals surface area contributed by atoms with Crippen molar-refractivity contribution < 1.29 is 29.0 Å². The monoisotopic (exact) mass is 509 g/mol. The van der Waals surface area contributed by atoms with Crippen LogP contribution < -0.4 is 10.1 Å². The summed E-state index contributed by atoms with van der Waals surface area (Å²) in [7, 11) is 3.22. The molecule has 0 unspecified atom stereocenters. The molecule has 0 bridgehead atoms. The zero-order chi connectivity index (χ0) is 26.5. The van der Waals surface area contributed by atoms with Crippen LogP contribution in [0.5, 0.6) is 5.75 Å². The summed E-state index contributed by atoms with van der Waals surface area (Å²) < 4.78 is 5.17. The first kappa shape index (κ1) is 26.0. The molecule has 0 saturated carbocycles. The minimum Gasteiger partial charge on any atom is -0.497 e. The Morgan fingerprint density at radius 3 is 2.41 bits per heavy atom. The lowest BCUT2D eigenvalue weighted by Crippen LogP contribution is -2.75. The van der Waals surface area contributed by atoms with Gasteiger partial charge in [0.2, 0.25) is 11.8 Å². The van der Waals surface area contributed by atoms with Crippen LogP contribution in [0.15, 0.2) is 54.6 Å². The Morgan fingerprint density at radius 2 is 1.76 bits per heavy atom. The normalized spacial score (nSPS) is 20.0. The fourth-order valence-electron chi connectivity index (χ4n) is 4.79. The van der Waals surface area contributed by atoms with E-state index in [1.807, 2.05) is 42.5 Å². The van der Waals surface area contributed by atoms with Gasteiger partial charge >= 0.3 is 12.0 Å². The third-order valence-corrected chi connectivity index (χ3v) is 6.60. The lowest BCUT2D eigenvalue weighted by atomic mass is 10.0. The highest BCUT2D eigenvalue weighted by molar-refractivity contribution is 5.91. The number of nitrogens with one attached hydrogen (secondary N) is 1. The van der Waals surface area contributed by atoms with Crippen LogP contribution in [0, 0.1) is 0 Å². The molecule has 2 aliphatic heterocycles. The minimum atomic E-state index is -1.06. The van der Waals surface area contributed by atoms with E-state index in [1.54, 1.807) is 31.2 Å². The van der Waals surface area contributed by atoms with Crippen LogP contribution in [0.3, 0.4) is 0 Å². The molecule has 0 aromatic heterocycles. The number of likely N-dealkylation sites (N-methyl/N-ethyl adjacent to an activating group) is 1. The number of hydrazine groups is 1. The molecule has 196 valence electrons. The first-order valence-electron chi connectivity index (χ1n) is 12.0. The largest absolute Gasteiger partial charge is 0.497 e. The van der Waals surface area contributed by atoms with E-state index >= 15 is 0 Å². The number of rotatable bonds is 8. The fourth-order valence-corrected chi connectivity index (χ4v) is 4.79. The predicted molar refractivity (Wildman–Crippen MR) is 133 cm³/mol. The number of carbonyl (C=O) groups excluding carboxylic acids is 3. The standard InChI is InChI=1S/C26H31N5O6/c1-28-17-23(32)30-21(12-13-24(33)34)25(35)29(15-19-6-4-3-5-7-19)16-22(30)31(28)26(36)27-14-18-8-10-20(37-2)11-9-18/h3-11,21-22H,12-17H2,1-2H3,(H,27,36)(H,33,34)/t21-,22-/m0/s1. The van der Waals surface area contributed by atoms with Crippen LogP contribution in [0.1, 0.15) is 24.0 Å². The van der Waals surface area contributed by atoms with Crippen LogP contribution in [-0.4, -0.2) is 88.2 Å². The number of carboxylic acid groups (broad SMARTS) is 1. The Morgan fingerprint density at radius 1 is 1.05 bits per heavy atom. The van der Waals surface area contributed by atoms with E-state index in [4.69, 9.17) is 4.74 Å². The number of benzene rings is 2. The van der Waals surface area contributed by atoms with Gasteiger partial charge in [-0.1, -0.05) is 42.5 Å². The molecule has 0 spiro atoms.